The summed E-state index contributed by atoms with van der Waals surface area (Å²) in [5.74, 6) is -0.535. The van der Waals surface area contributed by atoms with Crippen LogP contribution in [0, 0.1) is 11.6 Å². The molecule has 3 heterocycles. The number of anilines is 1. The van der Waals surface area contributed by atoms with Crippen molar-refractivity contribution in [2.24, 2.45) is 0 Å². The van der Waals surface area contributed by atoms with Crippen LogP contribution in [0.1, 0.15) is 18.4 Å². The molecule has 0 aliphatic carbocycles. The molecule has 0 atom stereocenters. The second kappa shape index (κ2) is 5.99. The Morgan fingerprint density at radius 2 is 2.04 bits per heavy atom. The maximum absolute atomic E-state index is 14.3. The monoisotopic (exact) mass is 327 g/mol. The van der Waals surface area contributed by atoms with E-state index in [1.165, 1.54) is 16.8 Å². The average molecular weight is 327 g/mol. The minimum atomic E-state index is -0.656. The molecule has 0 bridgehead atoms. The second-order valence-corrected chi connectivity index (χ2v) is 5.66. The predicted molar refractivity (Wildman–Crippen MR) is 85.9 cm³/mol. The number of halogens is 2. The van der Waals surface area contributed by atoms with Crippen molar-refractivity contribution in [3.05, 3.63) is 54.0 Å². The van der Waals surface area contributed by atoms with Crippen molar-refractivity contribution < 1.29 is 8.78 Å². The number of nitrogens with zero attached hydrogens (tertiary/aromatic N) is 4. The van der Waals surface area contributed by atoms with Crippen LogP contribution in [0.3, 0.4) is 0 Å². The third kappa shape index (κ3) is 2.51. The van der Waals surface area contributed by atoms with Gasteiger partial charge in [0.25, 0.3) is 0 Å². The van der Waals surface area contributed by atoms with Crippen molar-refractivity contribution >= 4 is 5.82 Å². The Hall–Kier alpha value is -2.83. The lowest BCUT2D eigenvalue weighted by Gasteiger charge is -2.10. The van der Waals surface area contributed by atoms with Gasteiger partial charge in [-0.15, -0.1) is 0 Å². The van der Waals surface area contributed by atoms with E-state index in [-0.39, 0.29) is 5.69 Å². The van der Waals surface area contributed by atoms with E-state index in [4.69, 9.17) is 0 Å². The van der Waals surface area contributed by atoms with E-state index >= 15 is 0 Å². The van der Waals surface area contributed by atoms with Crippen molar-refractivity contribution in [2.45, 2.75) is 19.3 Å². The zero-order chi connectivity index (χ0) is 16.5. The lowest BCUT2D eigenvalue weighted by molar-refractivity contribution is 0.574. The standard InChI is InChI=1S/C17H15F2N5/c18-11-4-5-15(13(19)9-11)24-17-12(3-1-2-6-22-17)16(23-24)14-10-20-7-8-21-14/h4-5,7-10,22H,1-3,6H2. The molecule has 0 radical (unpaired) electrons. The Bertz CT molecular complexity index is 876. The van der Waals surface area contributed by atoms with Gasteiger partial charge in [-0.1, -0.05) is 0 Å². The van der Waals surface area contributed by atoms with Gasteiger partial charge in [-0.25, -0.2) is 13.5 Å². The molecule has 3 aromatic rings. The molecule has 0 fully saturated rings. The fourth-order valence-corrected chi connectivity index (χ4v) is 2.96. The lowest BCUT2D eigenvalue weighted by Crippen LogP contribution is -2.08. The maximum atomic E-state index is 14.3. The molecule has 0 saturated heterocycles. The van der Waals surface area contributed by atoms with Crippen molar-refractivity contribution in [1.29, 1.82) is 0 Å². The van der Waals surface area contributed by atoms with Gasteiger partial charge in [0.15, 0.2) is 5.82 Å². The number of fused-ring (bicyclic) bond motifs is 1. The van der Waals surface area contributed by atoms with Crippen LogP contribution in [0.4, 0.5) is 14.6 Å². The van der Waals surface area contributed by atoms with Crippen LogP contribution in [0.15, 0.2) is 36.8 Å². The molecule has 7 heteroatoms. The van der Waals surface area contributed by atoms with Crippen molar-refractivity contribution in [3.8, 4) is 17.1 Å². The summed E-state index contributed by atoms with van der Waals surface area (Å²) in [6.07, 6.45) is 7.67. The molecule has 0 unspecified atom stereocenters. The lowest BCUT2D eigenvalue weighted by atomic mass is 10.1. The Morgan fingerprint density at radius 1 is 1.12 bits per heavy atom. The van der Waals surface area contributed by atoms with Gasteiger partial charge < -0.3 is 5.32 Å². The molecule has 1 aliphatic rings. The van der Waals surface area contributed by atoms with Crippen LogP contribution in [0.2, 0.25) is 0 Å². The molecule has 0 amide bonds. The van der Waals surface area contributed by atoms with Crippen LogP contribution >= 0.6 is 0 Å². The zero-order valence-electron chi connectivity index (χ0n) is 12.8. The van der Waals surface area contributed by atoms with Crippen LogP contribution < -0.4 is 5.32 Å². The summed E-state index contributed by atoms with van der Waals surface area (Å²) in [4.78, 5) is 8.40. The van der Waals surface area contributed by atoms with Gasteiger partial charge >= 0.3 is 0 Å². The van der Waals surface area contributed by atoms with Crippen molar-refractivity contribution in [2.75, 3.05) is 11.9 Å². The summed E-state index contributed by atoms with van der Waals surface area (Å²) in [7, 11) is 0. The van der Waals surface area contributed by atoms with Crippen LogP contribution in [0.25, 0.3) is 17.1 Å². The molecule has 24 heavy (non-hydrogen) atoms. The van der Waals surface area contributed by atoms with E-state index in [0.717, 1.165) is 43.3 Å². The molecule has 122 valence electrons. The van der Waals surface area contributed by atoms with Gasteiger partial charge in [-0.2, -0.15) is 5.10 Å². The summed E-state index contributed by atoms with van der Waals surface area (Å²) >= 11 is 0. The molecule has 1 aliphatic heterocycles. The average Bonchev–Trinajstić information content (AvgIpc) is 2.78. The summed E-state index contributed by atoms with van der Waals surface area (Å²) in [5, 5.41) is 7.87. The minimum Gasteiger partial charge on any atom is -0.370 e. The third-order valence-corrected chi connectivity index (χ3v) is 4.07. The first-order valence-electron chi connectivity index (χ1n) is 7.81. The molecule has 5 nitrogen and oxygen atoms in total. The molecule has 2 aromatic heterocycles. The minimum absolute atomic E-state index is 0.206. The molecular weight excluding hydrogens is 312 g/mol. The van der Waals surface area contributed by atoms with E-state index in [0.29, 0.717) is 11.4 Å². The van der Waals surface area contributed by atoms with E-state index in [9.17, 15) is 8.78 Å². The van der Waals surface area contributed by atoms with Gasteiger partial charge in [0.05, 0.1) is 6.20 Å². The molecule has 1 aromatic carbocycles. The summed E-state index contributed by atoms with van der Waals surface area (Å²) in [6, 6.07) is 3.48. The van der Waals surface area contributed by atoms with Gasteiger partial charge in [-0.3, -0.25) is 9.97 Å². The Labute approximate surface area is 137 Å². The summed E-state index contributed by atoms with van der Waals surface area (Å²) in [5.41, 5.74) is 2.50. The first-order chi connectivity index (χ1) is 11.7. The van der Waals surface area contributed by atoms with Crippen LogP contribution in [-0.2, 0) is 6.42 Å². The number of rotatable bonds is 2. The van der Waals surface area contributed by atoms with Crippen molar-refractivity contribution in [3.63, 3.8) is 0 Å². The predicted octanol–water partition coefficient (Wildman–Crippen LogP) is 3.36. The molecule has 0 spiro atoms. The van der Waals surface area contributed by atoms with Crippen LogP contribution in [-0.4, -0.2) is 26.3 Å². The highest BCUT2D eigenvalue weighted by Gasteiger charge is 2.23. The maximum Gasteiger partial charge on any atom is 0.151 e. The SMILES string of the molecule is Fc1ccc(-n2nc(-c3cnccn3)c3c2NCCCC3)c(F)c1. The number of benzene rings is 1. The van der Waals surface area contributed by atoms with E-state index < -0.39 is 11.6 Å². The third-order valence-electron chi connectivity index (χ3n) is 4.07. The van der Waals surface area contributed by atoms with Crippen molar-refractivity contribution in [1.82, 2.24) is 19.7 Å². The fourth-order valence-electron chi connectivity index (χ4n) is 2.96. The second-order valence-electron chi connectivity index (χ2n) is 5.66. The number of nitrogens with one attached hydrogen (secondary N) is 1. The fraction of sp³-hybridized carbons (Fsp3) is 0.235. The molecular formula is C17H15F2N5. The van der Waals surface area contributed by atoms with Gasteiger partial charge in [0.2, 0.25) is 0 Å². The number of aromatic nitrogens is 4. The normalized spacial score (nSPS) is 13.9. The molecule has 1 N–H and O–H groups in total. The first kappa shape index (κ1) is 14.7. The zero-order valence-corrected chi connectivity index (χ0v) is 12.8. The number of hydrogen-bond acceptors (Lipinski definition) is 4. The smallest absolute Gasteiger partial charge is 0.151 e. The summed E-state index contributed by atoms with van der Waals surface area (Å²) < 4.78 is 29.0. The van der Waals surface area contributed by atoms with Gasteiger partial charge in [0, 0.05) is 30.6 Å². The summed E-state index contributed by atoms with van der Waals surface area (Å²) in [6.45, 7) is 0.779. The quantitative estimate of drug-likeness (QED) is 0.784. The molecule has 0 saturated carbocycles. The van der Waals surface area contributed by atoms with E-state index in [1.807, 2.05) is 0 Å². The highest BCUT2D eigenvalue weighted by Crippen LogP contribution is 2.33. The van der Waals surface area contributed by atoms with Gasteiger partial charge in [0.1, 0.15) is 28.7 Å². The Kier molecular flexibility index (Phi) is 3.68. The highest BCUT2D eigenvalue weighted by molar-refractivity contribution is 5.68. The first-order valence-corrected chi connectivity index (χ1v) is 7.81. The topological polar surface area (TPSA) is 55.6 Å². The highest BCUT2D eigenvalue weighted by atomic mass is 19.1. The van der Waals surface area contributed by atoms with Gasteiger partial charge in [-0.05, 0) is 31.4 Å². The largest absolute Gasteiger partial charge is 0.370 e. The van der Waals surface area contributed by atoms with E-state index in [2.05, 4.69) is 20.4 Å². The molecule has 4 rings (SSSR count). The Morgan fingerprint density at radius 3 is 2.83 bits per heavy atom. The Balaban J connectivity index is 1.93. The van der Waals surface area contributed by atoms with E-state index in [1.54, 1.807) is 18.6 Å². The number of hydrogen-bond donors (Lipinski definition) is 1. The van der Waals surface area contributed by atoms with Crippen LogP contribution in [0.5, 0.6) is 0 Å².